The molecule has 2 aromatic carbocycles. The number of nitrogens with zero attached hydrogens (tertiary/aromatic N) is 2. The summed E-state index contributed by atoms with van der Waals surface area (Å²) in [5.41, 5.74) is 0.704. The number of aromatic amines is 1. The number of hydrogen-bond acceptors (Lipinski definition) is 4. The highest BCUT2D eigenvalue weighted by Crippen LogP contribution is 2.35. The maximum Gasteiger partial charge on any atom is 0.269 e. The van der Waals surface area contributed by atoms with Crippen molar-refractivity contribution in [1.29, 1.82) is 5.26 Å². The van der Waals surface area contributed by atoms with Crippen LogP contribution in [0.25, 0.3) is 0 Å². The monoisotopic (exact) mass is 418 g/mol. The number of aromatic nitrogens is 2. The van der Waals surface area contributed by atoms with E-state index in [1.54, 1.807) is 6.92 Å². The number of halogens is 3. The molecule has 0 unspecified atom stereocenters. The van der Waals surface area contributed by atoms with Crippen LogP contribution in [0.4, 0.5) is 4.39 Å². The molecule has 0 aliphatic rings. The van der Waals surface area contributed by atoms with Gasteiger partial charge in [0.1, 0.15) is 17.3 Å². The van der Waals surface area contributed by atoms with E-state index in [0.717, 1.165) is 0 Å². The molecule has 9 heteroatoms. The number of ether oxygens (including phenoxy) is 1. The zero-order chi connectivity index (χ0) is 20.3. The molecule has 0 aliphatic carbocycles. The van der Waals surface area contributed by atoms with E-state index in [1.165, 1.54) is 36.5 Å². The average molecular weight is 419 g/mol. The molecule has 0 fully saturated rings. The lowest BCUT2D eigenvalue weighted by molar-refractivity contribution is 0.0946. The first-order valence-corrected chi connectivity index (χ1v) is 8.78. The van der Waals surface area contributed by atoms with E-state index in [9.17, 15) is 9.18 Å². The van der Waals surface area contributed by atoms with Crippen LogP contribution >= 0.6 is 23.2 Å². The smallest absolute Gasteiger partial charge is 0.269 e. The Kier molecular flexibility index (Phi) is 5.83. The van der Waals surface area contributed by atoms with Crippen LogP contribution in [0.15, 0.2) is 36.5 Å². The van der Waals surface area contributed by atoms with Gasteiger partial charge in [-0.25, -0.2) is 9.37 Å². The fourth-order valence-corrected chi connectivity index (χ4v) is 2.82. The molecule has 3 rings (SSSR count). The summed E-state index contributed by atoms with van der Waals surface area (Å²) in [6, 6.07) is 9.14. The van der Waals surface area contributed by atoms with Gasteiger partial charge in [0.15, 0.2) is 11.6 Å². The van der Waals surface area contributed by atoms with Crippen LogP contribution in [0.2, 0.25) is 10.0 Å². The average Bonchev–Trinajstić information content (AvgIpc) is 3.10. The van der Waals surface area contributed by atoms with Crippen LogP contribution < -0.4 is 10.1 Å². The molecular formula is C19H13Cl2FN4O2. The third-order valence-corrected chi connectivity index (χ3v) is 4.25. The Morgan fingerprint density at radius 2 is 2.14 bits per heavy atom. The third-order valence-electron chi connectivity index (χ3n) is 3.74. The van der Waals surface area contributed by atoms with Crippen LogP contribution in [0.3, 0.4) is 0 Å². The normalized spacial score (nSPS) is 10.4. The van der Waals surface area contributed by atoms with Crippen molar-refractivity contribution in [1.82, 2.24) is 15.3 Å². The van der Waals surface area contributed by atoms with Gasteiger partial charge in [0, 0.05) is 17.1 Å². The van der Waals surface area contributed by atoms with Gasteiger partial charge in [-0.15, -0.1) is 0 Å². The fourth-order valence-electron chi connectivity index (χ4n) is 2.41. The van der Waals surface area contributed by atoms with Gasteiger partial charge in [-0.2, -0.15) is 5.26 Å². The molecule has 0 spiro atoms. The number of carbonyl (C=O) groups is 1. The van der Waals surface area contributed by atoms with Gasteiger partial charge in [-0.1, -0.05) is 29.3 Å². The van der Waals surface area contributed by atoms with E-state index in [0.29, 0.717) is 5.82 Å². The number of nitriles is 1. The number of H-pyrrole nitrogens is 1. The second-order valence-electron chi connectivity index (χ2n) is 5.80. The Hall–Kier alpha value is -3.08. The number of carbonyl (C=O) groups excluding carboxylic acids is 1. The second-order valence-corrected chi connectivity index (χ2v) is 6.65. The lowest BCUT2D eigenvalue weighted by atomic mass is 10.2. The first-order valence-electron chi connectivity index (χ1n) is 8.02. The minimum Gasteiger partial charge on any atom is -0.453 e. The van der Waals surface area contributed by atoms with E-state index in [-0.39, 0.29) is 44.9 Å². The minimum absolute atomic E-state index is 0.0373. The van der Waals surface area contributed by atoms with Gasteiger partial charge in [-0.05, 0) is 31.2 Å². The molecule has 0 aliphatic heterocycles. The highest BCUT2D eigenvalue weighted by molar-refractivity contribution is 6.32. The molecule has 2 N–H and O–H groups in total. The Morgan fingerprint density at radius 1 is 1.36 bits per heavy atom. The van der Waals surface area contributed by atoms with Gasteiger partial charge in [0.2, 0.25) is 0 Å². The van der Waals surface area contributed by atoms with Crippen molar-refractivity contribution >= 4 is 29.1 Å². The largest absolute Gasteiger partial charge is 0.453 e. The summed E-state index contributed by atoms with van der Waals surface area (Å²) >= 11 is 12.0. The van der Waals surface area contributed by atoms with E-state index in [4.69, 9.17) is 33.2 Å². The van der Waals surface area contributed by atoms with Crippen LogP contribution in [0.1, 0.15) is 27.4 Å². The summed E-state index contributed by atoms with van der Waals surface area (Å²) in [4.78, 5) is 18.8. The maximum atomic E-state index is 14.9. The number of rotatable bonds is 5. The van der Waals surface area contributed by atoms with E-state index < -0.39 is 11.7 Å². The Balaban J connectivity index is 1.81. The molecule has 0 atom stereocenters. The zero-order valence-corrected chi connectivity index (χ0v) is 16.0. The molecule has 1 heterocycles. The predicted octanol–water partition coefficient (Wildman–Crippen LogP) is 4.76. The summed E-state index contributed by atoms with van der Waals surface area (Å²) in [5, 5.41) is 11.9. The van der Waals surface area contributed by atoms with E-state index >= 15 is 0 Å². The highest BCUT2D eigenvalue weighted by Gasteiger charge is 2.17. The molecular weight excluding hydrogens is 406 g/mol. The molecule has 28 heavy (non-hydrogen) atoms. The first kappa shape index (κ1) is 19.7. The van der Waals surface area contributed by atoms with Gasteiger partial charge in [0.05, 0.1) is 22.9 Å². The lowest BCUT2D eigenvalue weighted by Crippen LogP contribution is -2.23. The van der Waals surface area contributed by atoms with E-state index in [2.05, 4.69) is 15.3 Å². The quantitative estimate of drug-likeness (QED) is 0.624. The third kappa shape index (κ3) is 4.42. The number of benzene rings is 2. The van der Waals surface area contributed by atoms with Gasteiger partial charge >= 0.3 is 0 Å². The molecule has 0 saturated carbocycles. The number of nitrogens with one attached hydrogen (secondary N) is 2. The summed E-state index contributed by atoms with van der Waals surface area (Å²) < 4.78 is 20.4. The first-order chi connectivity index (χ1) is 13.4. The molecule has 3 aromatic rings. The van der Waals surface area contributed by atoms with Crippen molar-refractivity contribution in [2.24, 2.45) is 0 Å². The predicted molar refractivity (Wildman–Crippen MR) is 102 cm³/mol. The molecule has 1 amide bonds. The molecule has 1 aromatic heterocycles. The molecule has 6 nitrogen and oxygen atoms in total. The molecule has 142 valence electrons. The summed E-state index contributed by atoms with van der Waals surface area (Å²) in [5.74, 6) is -0.620. The number of amides is 1. The SMILES string of the molecule is Cc1ncc(C(=O)NCc2ccc(Cl)c(Oc3cc(Cl)cc(C#N)c3)c2F)[nH]1. The number of imidazole rings is 1. The minimum atomic E-state index is -0.730. The standard InChI is InChI=1S/C19H13Cl2FN4O2/c1-10-24-9-16(26-10)19(27)25-8-12-2-3-15(21)18(17(12)22)28-14-5-11(7-23)4-13(20)6-14/h2-6,9H,8H2,1H3,(H,24,26)(H,25,27). The molecule has 0 bridgehead atoms. The summed E-state index contributed by atoms with van der Waals surface area (Å²) in [6.07, 6.45) is 1.39. The van der Waals surface area contributed by atoms with Crippen LogP contribution in [0, 0.1) is 24.1 Å². The van der Waals surface area contributed by atoms with Crippen molar-refractivity contribution < 1.29 is 13.9 Å². The van der Waals surface area contributed by atoms with Crippen molar-refractivity contribution in [2.75, 3.05) is 0 Å². The van der Waals surface area contributed by atoms with Gasteiger partial charge < -0.3 is 15.0 Å². The van der Waals surface area contributed by atoms with Gasteiger partial charge in [0.25, 0.3) is 5.91 Å². The Labute approximate surface area is 169 Å². The topological polar surface area (TPSA) is 90.8 Å². The number of aryl methyl sites for hydroxylation is 1. The fraction of sp³-hybridized carbons (Fsp3) is 0.105. The number of hydrogen-bond donors (Lipinski definition) is 2. The molecule has 0 radical (unpaired) electrons. The Bertz CT molecular complexity index is 1090. The van der Waals surface area contributed by atoms with Crippen LogP contribution in [-0.4, -0.2) is 15.9 Å². The highest BCUT2D eigenvalue weighted by atomic mass is 35.5. The van der Waals surface area contributed by atoms with Crippen molar-refractivity contribution in [3.05, 3.63) is 75.0 Å². The zero-order valence-electron chi connectivity index (χ0n) is 14.5. The van der Waals surface area contributed by atoms with E-state index in [1.807, 2.05) is 6.07 Å². The van der Waals surface area contributed by atoms with Crippen LogP contribution in [0.5, 0.6) is 11.5 Å². The lowest BCUT2D eigenvalue weighted by Gasteiger charge is -2.13. The summed E-state index contributed by atoms with van der Waals surface area (Å²) in [6.45, 7) is 1.63. The van der Waals surface area contributed by atoms with Crippen molar-refractivity contribution in [3.63, 3.8) is 0 Å². The van der Waals surface area contributed by atoms with Gasteiger partial charge in [-0.3, -0.25) is 4.79 Å². The second kappa shape index (κ2) is 8.30. The van der Waals surface area contributed by atoms with Crippen LogP contribution in [-0.2, 0) is 6.54 Å². The molecule has 0 saturated heterocycles. The van der Waals surface area contributed by atoms with Crippen molar-refractivity contribution in [2.45, 2.75) is 13.5 Å². The summed E-state index contributed by atoms with van der Waals surface area (Å²) in [7, 11) is 0. The Morgan fingerprint density at radius 3 is 2.82 bits per heavy atom. The van der Waals surface area contributed by atoms with Crippen molar-refractivity contribution in [3.8, 4) is 17.6 Å². The maximum absolute atomic E-state index is 14.9.